The molecule has 0 saturated carbocycles. The molecule has 0 aromatic carbocycles. The van der Waals surface area contributed by atoms with Gasteiger partial charge in [0, 0.05) is 6.20 Å². The van der Waals surface area contributed by atoms with Crippen molar-refractivity contribution >= 4 is 0 Å². The van der Waals surface area contributed by atoms with Gasteiger partial charge in [-0.1, -0.05) is 6.92 Å². The van der Waals surface area contributed by atoms with Crippen LogP contribution in [0.25, 0.3) is 0 Å². The summed E-state index contributed by atoms with van der Waals surface area (Å²) in [5, 5.41) is 7.45. The zero-order chi connectivity index (χ0) is 11.4. The summed E-state index contributed by atoms with van der Waals surface area (Å²) in [5.41, 5.74) is 1.17. The van der Waals surface area contributed by atoms with Crippen LogP contribution in [0.15, 0.2) is 28.9 Å². The number of aromatic nitrogens is 2. The van der Waals surface area contributed by atoms with Crippen molar-refractivity contribution in [2.75, 3.05) is 6.54 Å². The van der Waals surface area contributed by atoms with E-state index in [2.05, 4.69) is 17.3 Å². The highest BCUT2D eigenvalue weighted by atomic mass is 16.3. The largest absolute Gasteiger partial charge is 0.463 e. The summed E-state index contributed by atoms with van der Waals surface area (Å²) < 4.78 is 7.56. The Morgan fingerprint density at radius 3 is 2.88 bits per heavy atom. The predicted octanol–water partition coefficient (Wildman–Crippen LogP) is 1.94. The molecule has 0 spiro atoms. The first-order valence-electron chi connectivity index (χ1n) is 5.55. The summed E-state index contributed by atoms with van der Waals surface area (Å²) in [6.45, 7) is 6.54. The first-order chi connectivity index (χ1) is 7.78. The smallest absolute Gasteiger partial charge is 0.125 e. The van der Waals surface area contributed by atoms with Crippen molar-refractivity contribution in [3.8, 4) is 0 Å². The molecule has 2 aromatic heterocycles. The van der Waals surface area contributed by atoms with E-state index in [0.717, 1.165) is 24.6 Å². The van der Waals surface area contributed by atoms with Crippen LogP contribution in [-0.4, -0.2) is 16.3 Å². The van der Waals surface area contributed by atoms with Gasteiger partial charge in [0.25, 0.3) is 0 Å². The van der Waals surface area contributed by atoms with Gasteiger partial charge in [0.15, 0.2) is 0 Å². The van der Waals surface area contributed by atoms with Crippen molar-refractivity contribution in [3.63, 3.8) is 0 Å². The van der Waals surface area contributed by atoms with Gasteiger partial charge in [0.05, 0.1) is 19.3 Å². The molecule has 0 radical (unpaired) electrons. The minimum Gasteiger partial charge on any atom is -0.463 e. The molecule has 86 valence electrons. The maximum atomic E-state index is 5.68. The highest BCUT2D eigenvalue weighted by molar-refractivity contribution is 5.08. The fourth-order valence-electron chi connectivity index (χ4n) is 1.56. The molecule has 0 unspecified atom stereocenters. The maximum absolute atomic E-state index is 5.68. The predicted molar refractivity (Wildman–Crippen MR) is 62.2 cm³/mol. The van der Waals surface area contributed by atoms with Gasteiger partial charge >= 0.3 is 0 Å². The molecular weight excluding hydrogens is 202 g/mol. The lowest BCUT2D eigenvalue weighted by molar-refractivity contribution is 0.432. The SMILES string of the molecule is CCNCc1ccc(Cn2cc(C)cn2)o1. The molecule has 2 rings (SSSR count). The normalized spacial score (nSPS) is 10.9. The van der Waals surface area contributed by atoms with Gasteiger partial charge in [-0.15, -0.1) is 0 Å². The van der Waals surface area contributed by atoms with Crippen LogP contribution in [0.5, 0.6) is 0 Å². The fourth-order valence-corrected chi connectivity index (χ4v) is 1.56. The molecule has 1 N–H and O–H groups in total. The first kappa shape index (κ1) is 11.0. The van der Waals surface area contributed by atoms with E-state index in [1.165, 1.54) is 5.56 Å². The highest BCUT2D eigenvalue weighted by Gasteiger charge is 2.03. The summed E-state index contributed by atoms with van der Waals surface area (Å²) in [6.07, 6.45) is 3.86. The molecule has 0 aliphatic heterocycles. The third kappa shape index (κ3) is 2.73. The average Bonchev–Trinajstić information content (AvgIpc) is 2.86. The number of aryl methyl sites for hydroxylation is 1. The fraction of sp³-hybridized carbons (Fsp3) is 0.417. The van der Waals surface area contributed by atoms with Gasteiger partial charge < -0.3 is 9.73 Å². The minimum atomic E-state index is 0.694. The second-order valence-electron chi connectivity index (χ2n) is 3.86. The number of furan rings is 1. The molecule has 0 fully saturated rings. The van der Waals surface area contributed by atoms with Crippen LogP contribution < -0.4 is 5.32 Å². The Kier molecular flexibility index (Phi) is 3.41. The van der Waals surface area contributed by atoms with E-state index >= 15 is 0 Å². The zero-order valence-electron chi connectivity index (χ0n) is 9.73. The lowest BCUT2D eigenvalue weighted by Gasteiger charge is -1.99. The number of nitrogens with zero attached hydrogens (tertiary/aromatic N) is 2. The van der Waals surface area contributed by atoms with Gasteiger partial charge in [-0.25, -0.2) is 0 Å². The average molecular weight is 219 g/mol. The van der Waals surface area contributed by atoms with E-state index in [-0.39, 0.29) is 0 Å². The molecule has 16 heavy (non-hydrogen) atoms. The standard InChI is InChI=1S/C12H17N3O/c1-3-13-7-11-4-5-12(16-11)9-15-8-10(2)6-14-15/h4-6,8,13H,3,7,9H2,1-2H3. The van der Waals surface area contributed by atoms with Gasteiger partial charge in [-0.2, -0.15) is 5.10 Å². The lowest BCUT2D eigenvalue weighted by Crippen LogP contribution is -2.10. The van der Waals surface area contributed by atoms with Crippen LogP contribution in [0.4, 0.5) is 0 Å². The van der Waals surface area contributed by atoms with Gasteiger partial charge in [-0.05, 0) is 31.2 Å². The topological polar surface area (TPSA) is 43.0 Å². The Bertz CT molecular complexity index is 445. The quantitative estimate of drug-likeness (QED) is 0.835. The minimum absolute atomic E-state index is 0.694. The molecular formula is C12H17N3O. The molecule has 0 amide bonds. The third-order valence-electron chi connectivity index (χ3n) is 2.35. The second kappa shape index (κ2) is 4.99. The van der Waals surface area contributed by atoms with E-state index in [1.807, 2.05) is 36.1 Å². The van der Waals surface area contributed by atoms with Crippen LogP contribution in [0, 0.1) is 6.92 Å². The van der Waals surface area contributed by atoms with Crippen LogP contribution in [-0.2, 0) is 13.1 Å². The van der Waals surface area contributed by atoms with Gasteiger partial charge in [0.1, 0.15) is 11.5 Å². The van der Waals surface area contributed by atoms with Gasteiger partial charge in [0.2, 0.25) is 0 Å². The second-order valence-corrected chi connectivity index (χ2v) is 3.86. The molecule has 0 saturated heterocycles. The van der Waals surface area contributed by atoms with Crippen LogP contribution in [0.2, 0.25) is 0 Å². The van der Waals surface area contributed by atoms with Crippen LogP contribution in [0.3, 0.4) is 0 Å². The molecule has 0 aliphatic rings. The summed E-state index contributed by atoms with van der Waals surface area (Å²) in [4.78, 5) is 0. The Hall–Kier alpha value is -1.55. The van der Waals surface area contributed by atoms with E-state index < -0.39 is 0 Å². The maximum Gasteiger partial charge on any atom is 0.125 e. The van der Waals surface area contributed by atoms with Crippen molar-refractivity contribution in [1.82, 2.24) is 15.1 Å². The molecule has 0 aliphatic carbocycles. The number of hydrogen-bond donors (Lipinski definition) is 1. The zero-order valence-corrected chi connectivity index (χ0v) is 9.73. The van der Waals surface area contributed by atoms with Crippen molar-refractivity contribution in [3.05, 3.63) is 41.6 Å². The molecule has 4 heteroatoms. The van der Waals surface area contributed by atoms with Crippen molar-refractivity contribution < 1.29 is 4.42 Å². The first-order valence-corrected chi connectivity index (χ1v) is 5.55. The van der Waals surface area contributed by atoms with Crippen LogP contribution >= 0.6 is 0 Å². The van der Waals surface area contributed by atoms with E-state index in [4.69, 9.17) is 4.42 Å². The number of nitrogens with one attached hydrogen (secondary N) is 1. The molecule has 2 aromatic rings. The Balaban J connectivity index is 1.97. The lowest BCUT2D eigenvalue weighted by atomic mass is 10.4. The Morgan fingerprint density at radius 1 is 1.38 bits per heavy atom. The van der Waals surface area contributed by atoms with Gasteiger partial charge in [-0.3, -0.25) is 4.68 Å². The van der Waals surface area contributed by atoms with Crippen LogP contribution in [0.1, 0.15) is 24.0 Å². The molecule has 0 bridgehead atoms. The summed E-state index contributed by atoms with van der Waals surface area (Å²) in [7, 11) is 0. The number of rotatable bonds is 5. The third-order valence-corrected chi connectivity index (χ3v) is 2.35. The summed E-state index contributed by atoms with van der Waals surface area (Å²) in [5.74, 6) is 1.91. The van der Waals surface area contributed by atoms with E-state index in [9.17, 15) is 0 Å². The number of hydrogen-bond acceptors (Lipinski definition) is 3. The molecule has 0 atom stereocenters. The van der Waals surface area contributed by atoms with E-state index in [1.54, 1.807) is 0 Å². The molecule has 2 heterocycles. The molecule has 4 nitrogen and oxygen atoms in total. The Morgan fingerprint density at radius 2 is 2.19 bits per heavy atom. The summed E-state index contributed by atoms with van der Waals surface area (Å²) in [6, 6.07) is 4.01. The van der Waals surface area contributed by atoms with Crippen molar-refractivity contribution in [1.29, 1.82) is 0 Å². The van der Waals surface area contributed by atoms with E-state index in [0.29, 0.717) is 6.54 Å². The van der Waals surface area contributed by atoms with Crippen molar-refractivity contribution in [2.45, 2.75) is 26.9 Å². The highest BCUT2D eigenvalue weighted by Crippen LogP contribution is 2.09. The summed E-state index contributed by atoms with van der Waals surface area (Å²) >= 11 is 0. The Labute approximate surface area is 95.3 Å². The van der Waals surface area contributed by atoms with Crippen molar-refractivity contribution in [2.24, 2.45) is 0 Å². The monoisotopic (exact) mass is 219 g/mol.